The second-order valence-electron chi connectivity index (χ2n) is 8.12. The molecule has 13 heteroatoms. The van der Waals surface area contributed by atoms with Crippen LogP contribution in [-0.2, 0) is 37.5 Å². The van der Waals surface area contributed by atoms with Crippen molar-refractivity contribution in [2.75, 3.05) is 13.7 Å². The van der Waals surface area contributed by atoms with E-state index in [2.05, 4.69) is 4.72 Å². The first-order valence-corrected chi connectivity index (χ1v) is 12.8. The highest BCUT2D eigenvalue weighted by Gasteiger charge is 2.26. The highest BCUT2D eigenvalue weighted by atomic mass is 32.2. The molecular weight excluding hydrogens is 523 g/mol. The summed E-state index contributed by atoms with van der Waals surface area (Å²) in [6.45, 7) is -0.542. The molecule has 1 aliphatic heterocycles. The monoisotopic (exact) mass is 546 g/mol. The minimum atomic E-state index is -4.16. The Morgan fingerprint density at radius 1 is 1.18 bits per heavy atom. The number of nitrogens with zero attached hydrogens (tertiary/aromatic N) is 1. The summed E-state index contributed by atoms with van der Waals surface area (Å²) in [6, 6.07) is 14.8. The van der Waals surface area contributed by atoms with Gasteiger partial charge in [0.1, 0.15) is 18.2 Å². The van der Waals surface area contributed by atoms with Crippen LogP contribution >= 0.6 is 0 Å². The molecule has 200 valence electrons. The summed E-state index contributed by atoms with van der Waals surface area (Å²) in [7, 11) is -2.93. The number of esters is 1. The summed E-state index contributed by atoms with van der Waals surface area (Å²) in [5, 5.41) is 11.2. The molecule has 4 rings (SSSR count). The smallest absolute Gasteiger partial charge is 0.312 e. The minimum absolute atomic E-state index is 0.0947. The molecular formula is C25H23FN2O9S. The molecule has 0 aliphatic carbocycles. The molecule has 0 bridgehead atoms. The summed E-state index contributed by atoms with van der Waals surface area (Å²) in [5.74, 6) is -1.05. The van der Waals surface area contributed by atoms with E-state index in [1.165, 1.54) is 19.2 Å². The van der Waals surface area contributed by atoms with Crippen LogP contribution in [0, 0.1) is 15.9 Å². The zero-order chi connectivity index (χ0) is 27.3. The molecule has 3 aromatic rings. The van der Waals surface area contributed by atoms with Crippen LogP contribution in [0.3, 0.4) is 0 Å². The number of sulfonamides is 1. The number of nitro groups is 1. The quantitative estimate of drug-likeness (QED) is 0.228. The number of hydrogen-bond donors (Lipinski definition) is 1. The zero-order valence-corrected chi connectivity index (χ0v) is 20.9. The van der Waals surface area contributed by atoms with Crippen molar-refractivity contribution in [3.8, 4) is 11.5 Å². The average molecular weight is 547 g/mol. The Balaban J connectivity index is 1.36. The fourth-order valence-electron chi connectivity index (χ4n) is 3.74. The molecule has 0 amide bonds. The summed E-state index contributed by atoms with van der Waals surface area (Å²) >= 11 is 0. The summed E-state index contributed by atoms with van der Waals surface area (Å²) in [4.78, 5) is 22.3. The van der Waals surface area contributed by atoms with Crippen molar-refractivity contribution >= 4 is 21.7 Å². The van der Waals surface area contributed by atoms with Gasteiger partial charge in [-0.1, -0.05) is 30.3 Å². The maximum atomic E-state index is 14.1. The van der Waals surface area contributed by atoms with E-state index in [1.54, 1.807) is 0 Å². The predicted molar refractivity (Wildman–Crippen MR) is 130 cm³/mol. The number of benzene rings is 3. The van der Waals surface area contributed by atoms with Crippen LogP contribution in [0.15, 0.2) is 65.6 Å². The van der Waals surface area contributed by atoms with Gasteiger partial charge in [0, 0.05) is 29.3 Å². The van der Waals surface area contributed by atoms with Crippen LogP contribution < -0.4 is 14.2 Å². The molecule has 0 saturated carbocycles. The van der Waals surface area contributed by atoms with Crippen LogP contribution in [0.25, 0.3) is 0 Å². The number of nitro benzene ring substituents is 1. The Labute approximate surface area is 217 Å². The first kappa shape index (κ1) is 27.0. The number of rotatable bonds is 10. The fraction of sp³-hybridized carbons (Fsp3) is 0.240. The van der Waals surface area contributed by atoms with Gasteiger partial charge >= 0.3 is 11.7 Å². The topological polar surface area (TPSA) is 143 Å². The van der Waals surface area contributed by atoms with Crippen LogP contribution in [0.5, 0.6) is 11.5 Å². The van der Waals surface area contributed by atoms with Gasteiger partial charge < -0.3 is 18.9 Å². The van der Waals surface area contributed by atoms with Gasteiger partial charge in [0.25, 0.3) is 0 Å². The lowest BCUT2D eigenvalue weighted by Crippen LogP contribution is -2.27. The number of carbonyl (C=O) groups is 1. The van der Waals surface area contributed by atoms with Crippen LogP contribution in [0.1, 0.15) is 29.4 Å². The molecule has 1 atom stereocenters. The Bertz CT molecular complexity index is 1450. The van der Waals surface area contributed by atoms with E-state index in [4.69, 9.17) is 18.9 Å². The lowest BCUT2D eigenvalue weighted by Gasteiger charge is -2.28. The number of hydrogen-bond acceptors (Lipinski definition) is 9. The third-order valence-corrected chi connectivity index (χ3v) is 7.02. The number of methoxy groups -OCH3 is 1. The molecule has 0 aromatic heterocycles. The lowest BCUT2D eigenvalue weighted by atomic mass is 10.1. The van der Waals surface area contributed by atoms with E-state index >= 15 is 0 Å². The van der Waals surface area contributed by atoms with E-state index < -0.39 is 38.7 Å². The third-order valence-electron chi connectivity index (χ3n) is 5.56. The standard InChI is InChI=1S/C25H23FN2O9S/c1-34-22-8-7-20(13-21(22)28(30)31)38(32,33)27-10-9-23(29)35-14-17-11-19(26)12-18-15-36-25(37-24(17)18)16-5-3-2-4-6-16/h2-8,11-13,25,27H,9-10,14-15H2,1H3/t25-/m1/s1. The first-order chi connectivity index (χ1) is 18.2. The minimum Gasteiger partial charge on any atom is -0.490 e. The maximum Gasteiger partial charge on any atom is 0.312 e. The summed E-state index contributed by atoms with van der Waals surface area (Å²) in [5.41, 5.74) is 1.00. The molecule has 3 aromatic carbocycles. The molecule has 1 heterocycles. The Morgan fingerprint density at radius 3 is 2.66 bits per heavy atom. The zero-order valence-electron chi connectivity index (χ0n) is 20.1. The second kappa shape index (κ2) is 11.5. The van der Waals surface area contributed by atoms with Crippen molar-refractivity contribution < 1.29 is 41.5 Å². The van der Waals surface area contributed by atoms with E-state index in [9.17, 15) is 27.7 Å². The lowest BCUT2D eigenvalue weighted by molar-refractivity contribution is -0.386. The Kier molecular flexibility index (Phi) is 8.20. The summed E-state index contributed by atoms with van der Waals surface area (Å²) in [6.07, 6.45) is -1.06. The molecule has 0 unspecified atom stereocenters. The molecule has 1 aliphatic rings. The summed E-state index contributed by atoms with van der Waals surface area (Å²) < 4.78 is 63.1. The number of halogens is 1. The van der Waals surface area contributed by atoms with E-state index in [-0.39, 0.29) is 36.8 Å². The van der Waals surface area contributed by atoms with Gasteiger partial charge in [-0.25, -0.2) is 17.5 Å². The number of carbonyl (C=O) groups excluding carboxylic acids is 1. The average Bonchev–Trinajstić information content (AvgIpc) is 2.91. The first-order valence-electron chi connectivity index (χ1n) is 11.3. The fourth-order valence-corrected chi connectivity index (χ4v) is 4.79. The highest BCUT2D eigenvalue weighted by molar-refractivity contribution is 7.89. The van der Waals surface area contributed by atoms with Gasteiger partial charge in [0.15, 0.2) is 5.75 Å². The predicted octanol–water partition coefficient (Wildman–Crippen LogP) is 3.76. The second-order valence-corrected chi connectivity index (χ2v) is 9.89. The van der Waals surface area contributed by atoms with Crippen LogP contribution in [0.4, 0.5) is 10.1 Å². The van der Waals surface area contributed by atoms with Gasteiger partial charge in [-0.3, -0.25) is 14.9 Å². The van der Waals surface area contributed by atoms with Gasteiger partial charge in [-0.2, -0.15) is 0 Å². The largest absolute Gasteiger partial charge is 0.490 e. The molecule has 38 heavy (non-hydrogen) atoms. The normalized spacial score (nSPS) is 14.7. The Hall–Kier alpha value is -4.07. The molecule has 1 N–H and O–H groups in total. The highest BCUT2D eigenvalue weighted by Crippen LogP contribution is 2.37. The SMILES string of the molecule is COc1ccc(S(=O)(=O)NCCC(=O)OCc2cc(F)cc3c2O[C@H](c2ccccc2)OC3)cc1[N+](=O)[O-]. The van der Waals surface area contributed by atoms with Crippen molar-refractivity contribution in [3.63, 3.8) is 0 Å². The molecule has 11 nitrogen and oxygen atoms in total. The van der Waals surface area contributed by atoms with Crippen LogP contribution in [0.2, 0.25) is 0 Å². The number of nitrogens with one attached hydrogen (secondary N) is 1. The van der Waals surface area contributed by atoms with Crippen molar-refractivity contribution in [2.45, 2.75) is 30.8 Å². The maximum absolute atomic E-state index is 14.1. The molecule has 0 spiro atoms. The molecule has 0 radical (unpaired) electrons. The van der Waals surface area contributed by atoms with Gasteiger partial charge in [-0.15, -0.1) is 0 Å². The van der Waals surface area contributed by atoms with E-state index in [0.29, 0.717) is 16.9 Å². The van der Waals surface area contributed by atoms with E-state index in [0.717, 1.165) is 23.8 Å². The van der Waals surface area contributed by atoms with Gasteiger partial charge in [0.2, 0.25) is 16.3 Å². The van der Waals surface area contributed by atoms with Crippen molar-refractivity contribution in [1.29, 1.82) is 0 Å². The molecule has 0 fully saturated rings. The van der Waals surface area contributed by atoms with Crippen molar-refractivity contribution in [3.05, 3.63) is 93.3 Å². The van der Waals surface area contributed by atoms with Gasteiger partial charge in [0.05, 0.1) is 30.0 Å². The van der Waals surface area contributed by atoms with Crippen molar-refractivity contribution in [2.24, 2.45) is 0 Å². The third kappa shape index (κ3) is 6.25. The number of fused-ring (bicyclic) bond motifs is 1. The number of ether oxygens (including phenoxy) is 4. The van der Waals surface area contributed by atoms with Crippen LogP contribution in [-0.4, -0.2) is 33.0 Å². The molecule has 0 saturated heterocycles. The van der Waals surface area contributed by atoms with Crippen molar-refractivity contribution in [1.82, 2.24) is 4.72 Å². The van der Waals surface area contributed by atoms with Gasteiger partial charge in [-0.05, 0) is 24.3 Å². The Morgan fingerprint density at radius 2 is 1.95 bits per heavy atom. The van der Waals surface area contributed by atoms with E-state index in [1.807, 2.05) is 30.3 Å².